The van der Waals surface area contributed by atoms with Crippen LogP contribution in [0, 0.1) is 6.92 Å². The van der Waals surface area contributed by atoms with Gasteiger partial charge in [-0.15, -0.1) is 15.0 Å². The van der Waals surface area contributed by atoms with Crippen LogP contribution >= 0.6 is 15.9 Å². The quantitative estimate of drug-likeness (QED) is 0.149. The van der Waals surface area contributed by atoms with E-state index in [4.69, 9.17) is 14.7 Å². The molecule has 0 amide bonds. The van der Waals surface area contributed by atoms with E-state index in [0.29, 0.717) is 29.4 Å². The van der Waals surface area contributed by atoms with Crippen LogP contribution in [0.1, 0.15) is 38.4 Å². The molecule has 5 aromatic carbocycles. The van der Waals surface area contributed by atoms with Crippen molar-refractivity contribution in [3.63, 3.8) is 0 Å². The monoisotopic (exact) mass is 720 g/mol. The number of fused-ring (bicyclic) bond motifs is 1. The highest BCUT2D eigenvalue weighted by atomic mass is 79.9. The van der Waals surface area contributed by atoms with Crippen LogP contribution in [0.15, 0.2) is 149 Å². The lowest BCUT2D eigenvalue weighted by molar-refractivity contribution is 0.0684. The number of aromatic nitrogens is 6. The van der Waals surface area contributed by atoms with Gasteiger partial charge < -0.3 is 14.1 Å². The van der Waals surface area contributed by atoms with Crippen LogP contribution in [0.3, 0.4) is 0 Å². The number of carboxylic acid groups (broad SMARTS) is 1. The molecular formula is C40H29BrN6O3. The minimum Gasteiger partial charge on any atom is -0.477 e. The van der Waals surface area contributed by atoms with E-state index in [2.05, 4.69) is 62.4 Å². The fraction of sp³-hybridized carbons (Fsp3) is 0.0750. The summed E-state index contributed by atoms with van der Waals surface area (Å²) < 4.78 is 8.86. The maximum Gasteiger partial charge on any atom is 0.354 e. The van der Waals surface area contributed by atoms with Crippen LogP contribution < -0.4 is 0 Å². The lowest BCUT2D eigenvalue weighted by Crippen LogP contribution is -2.39. The summed E-state index contributed by atoms with van der Waals surface area (Å²) in [7, 11) is 0. The molecule has 1 N–H and O–H groups in total. The van der Waals surface area contributed by atoms with Gasteiger partial charge in [0.2, 0.25) is 5.82 Å². The molecule has 3 aromatic heterocycles. The molecule has 0 radical (unpaired) electrons. The molecule has 0 aliphatic carbocycles. The highest BCUT2D eigenvalue weighted by Gasteiger charge is 2.41. The van der Waals surface area contributed by atoms with Crippen molar-refractivity contribution in [1.82, 2.24) is 29.8 Å². The summed E-state index contributed by atoms with van der Waals surface area (Å²) in [6.07, 6.45) is 1.55. The zero-order chi connectivity index (χ0) is 34.2. The number of benzene rings is 5. The Hall–Kier alpha value is -6.13. The van der Waals surface area contributed by atoms with E-state index in [1.165, 1.54) is 0 Å². The fourth-order valence-corrected chi connectivity index (χ4v) is 7.29. The third-order valence-electron chi connectivity index (χ3n) is 8.97. The minimum absolute atomic E-state index is 0.169. The molecule has 0 saturated heterocycles. The Balaban J connectivity index is 1.24. The molecule has 10 heteroatoms. The SMILES string of the molecule is Cc1ncn(Cc2ccc3oc(-c4ccccc4-c4nnn(C(c5ccccc5)(c5ccccc5)c5ccccc5)n4)c(Br)c3c2)c1C(=O)O. The smallest absolute Gasteiger partial charge is 0.354 e. The van der Waals surface area contributed by atoms with Crippen molar-refractivity contribution < 1.29 is 14.3 Å². The van der Waals surface area contributed by atoms with Gasteiger partial charge in [0.15, 0.2) is 5.54 Å². The molecule has 9 nitrogen and oxygen atoms in total. The molecule has 0 fully saturated rings. The molecule has 0 aliphatic heterocycles. The number of furan rings is 1. The van der Waals surface area contributed by atoms with E-state index in [-0.39, 0.29) is 5.69 Å². The van der Waals surface area contributed by atoms with Crippen molar-refractivity contribution >= 4 is 32.9 Å². The highest BCUT2D eigenvalue weighted by Crippen LogP contribution is 2.43. The maximum absolute atomic E-state index is 11.8. The van der Waals surface area contributed by atoms with Crippen molar-refractivity contribution in [3.05, 3.63) is 178 Å². The number of halogens is 1. The van der Waals surface area contributed by atoms with Crippen LogP contribution in [-0.2, 0) is 12.1 Å². The highest BCUT2D eigenvalue weighted by molar-refractivity contribution is 9.10. The van der Waals surface area contributed by atoms with Gasteiger partial charge in [-0.25, -0.2) is 9.78 Å². The second kappa shape index (κ2) is 12.7. The van der Waals surface area contributed by atoms with E-state index in [9.17, 15) is 9.90 Å². The molecule has 244 valence electrons. The summed E-state index contributed by atoms with van der Waals surface area (Å²) in [6, 6.07) is 44.3. The number of hydrogen-bond donors (Lipinski definition) is 1. The number of rotatable bonds is 9. The van der Waals surface area contributed by atoms with Gasteiger partial charge in [-0.3, -0.25) is 0 Å². The second-order valence-corrected chi connectivity index (χ2v) is 12.7. The average Bonchev–Trinajstić information content (AvgIpc) is 3.88. The summed E-state index contributed by atoms with van der Waals surface area (Å²) in [5, 5.41) is 25.1. The van der Waals surface area contributed by atoms with Gasteiger partial charge in [-0.1, -0.05) is 121 Å². The molecule has 0 bridgehead atoms. The molecule has 50 heavy (non-hydrogen) atoms. The third kappa shape index (κ3) is 5.21. The lowest BCUT2D eigenvalue weighted by atomic mass is 9.77. The predicted molar refractivity (Wildman–Crippen MR) is 194 cm³/mol. The summed E-state index contributed by atoms with van der Waals surface area (Å²) in [4.78, 5) is 17.8. The molecular weight excluding hydrogens is 692 g/mol. The maximum atomic E-state index is 11.8. The number of tetrazole rings is 1. The molecule has 8 rings (SSSR count). The largest absolute Gasteiger partial charge is 0.477 e. The Kier molecular flexibility index (Phi) is 7.93. The molecule has 3 heterocycles. The average molecular weight is 722 g/mol. The summed E-state index contributed by atoms with van der Waals surface area (Å²) in [6.45, 7) is 2.04. The van der Waals surface area contributed by atoms with Crippen molar-refractivity contribution in [2.24, 2.45) is 0 Å². The Morgan fingerprint density at radius 2 is 1.38 bits per heavy atom. The van der Waals surface area contributed by atoms with Gasteiger partial charge in [0.05, 0.1) is 16.5 Å². The minimum atomic E-state index is -1.01. The first-order chi connectivity index (χ1) is 24.4. The normalized spacial score (nSPS) is 11.6. The topological polar surface area (TPSA) is 112 Å². The van der Waals surface area contributed by atoms with Crippen molar-refractivity contribution in [3.8, 4) is 22.7 Å². The van der Waals surface area contributed by atoms with Gasteiger partial charge in [0, 0.05) is 23.1 Å². The Labute approximate surface area is 295 Å². The number of hydrogen-bond acceptors (Lipinski definition) is 6. The number of imidazole rings is 1. The zero-order valence-corrected chi connectivity index (χ0v) is 28.4. The van der Waals surface area contributed by atoms with Crippen LogP contribution in [0.2, 0.25) is 0 Å². The van der Waals surface area contributed by atoms with E-state index >= 15 is 0 Å². The first kappa shape index (κ1) is 31.2. The van der Waals surface area contributed by atoms with Crippen molar-refractivity contribution in [2.75, 3.05) is 0 Å². The van der Waals surface area contributed by atoms with Gasteiger partial charge in [0.25, 0.3) is 0 Å². The summed E-state index contributed by atoms with van der Waals surface area (Å²) in [5.74, 6) is 0.0512. The lowest BCUT2D eigenvalue weighted by Gasteiger charge is -2.34. The van der Waals surface area contributed by atoms with Gasteiger partial charge in [0.1, 0.15) is 17.0 Å². The fourth-order valence-electron chi connectivity index (χ4n) is 6.69. The van der Waals surface area contributed by atoms with Gasteiger partial charge >= 0.3 is 5.97 Å². The van der Waals surface area contributed by atoms with Crippen molar-refractivity contribution in [1.29, 1.82) is 0 Å². The summed E-state index contributed by atoms with van der Waals surface area (Å²) in [5.41, 5.74) is 5.84. The third-order valence-corrected chi connectivity index (χ3v) is 9.76. The molecule has 0 atom stereocenters. The van der Waals surface area contributed by atoms with Crippen LogP contribution in [0.5, 0.6) is 0 Å². The number of nitrogens with zero attached hydrogens (tertiary/aromatic N) is 6. The van der Waals surface area contributed by atoms with E-state index in [0.717, 1.165) is 43.2 Å². The number of carboxylic acids is 1. The number of aryl methyl sites for hydroxylation is 1. The molecule has 0 spiro atoms. The number of carbonyl (C=O) groups is 1. The number of aromatic carboxylic acids is 1. The van der Waals surface area contributed by atoms with E-state index < -0.39 is 11.5 Å². The second-order valence-electron chi connectivity index (χ2n) is 11.9. The van der Waals surface area contributed by atoms with Crippen LogP contribution in [0.25, 0.3) is 33.7 Å². The first-order valence-electron chi connectivity index (χ1n) is 16.0. The standard InChI is InChI=1S/C40H29BrN6O3/c1-26-36(39(48)49)46(25-42-26)24-27-21-22-34-33(23-27)35(41)37(50-34)31-19-11-12-20-32(31)38-43-45-47(44-38)40(28-13-5-2-6-14-28,29-15-7-3-8-16-29)30-17-9-4-10-18-30/h2-23,25H,24H2,1H3,(H,48,49). The van der Waals surface area contributed by atoms with E-state index in [1.54, 1.807) is 22.6 Å². The Morgan fingerprint density at radius 1 is 0.800 bits per heavy atom. The van der Waals surface area contributed by atoms with Crippen molar-refractivity contribution in [2.45, 2.75) is 19.0 Å². The van der Waals surface area contributed by atoms with Crippen LogP contribution in [-0.4, -0.2) is 40.8 Å². The molecule has 8 aromatic rings. The van der Waals surface area contributed by atoms with Crippen LogP contribution in [0.4, 0.5) is 0 Å². The van der Waals surface area contributed by atoms with Gasteiger partial charge in [-0.2, -0.15) is 0 Å². The molecule has 0 aliphatic rings. The Morgan fingerprint density at radius 3 is 1.98 bits per heavy atom. The summed E-state index contributed by atoms with van der Waals surface area (Å²) >= 11 is 3.82. The predicted octanol–water partition coefficient (Wildman–Crippen LogP) is 8.61. The zero-order valence-electron chi connectivity index (χ0n) is 26.8. The van der Waals surface area contributed by atoms with E-state index in [1.807, 2.05) is 97.1 Å². The Bertz CT molecular complexity index is 2380. The first-order valence-corrected chi connectivity index (χ1v) is 16.8. The molecule has 0 unspecified atom stereocenters. The van der Waals surface area contributed by atoms with Gasteiger partial charge in [-0.05, 0) is 62.5 Å². The molecule has 0 saturated carbocycles.